The fourth-order valence-corrected chi connectivity index (χ4v) is 2.66. The standard InChI is InChI=1S/C18H24N4O3/c1-15-17(14-19-24-13-10-22-8-11-23-12-9-22)18(21(2)20-15)25-16-6-4-3-5-7-16/h3-7,14H,8-13H2,1-2H3/b19-14+. The molecule has 0 N–H and O–H groups in total. The minimum absolute atomic E-state index is 0.546. The van der Waals surface area contributed by atoms with Gasteiger partial charge in [0.1, 0.15) is 12.4 Å². The lowest BCUT2D eigenvalue weighted by molar-refractivity contribution is 0.0214. The van der Waals surface area contributed by atoms with Gasteiger partial charge in [-0.25, -0.2) is 4.68 Å². The number of nitrogens with zero attached hydrogens (tertiary/aromatic N) is 4. The van der Waals surface area contributed by atoms with Gasteiger partial charge in [-0.3, -0.25) is 4.90 Å². The molecule has 0 radical (unpaired) electrons. The molecule has 2 heterocycles. The van der Waals surface area contributed by atoms with Crippen LogP contribution in [0.15, 0.2) is 35.5 Å². The van der Waals surface area contributed by atoms with Gasteiger partial charge in [-0.05, 0) is 19.1 Å². The minimum Gasteiger partial charge on any atom is -0.439 e. The SMILES string of the molecule is Cc1nn(C)c(Oc2ccccc2)c1/C=N/OCCN1CCOCC1. The molecule has 0 saturated carbocycles. The van der Waals surface area contributed by atoms with Gasteiger partial charge in [0.05, 0.1) is 30.7 Å². The number of aromatic nitrogens is 2. The van der Waals surface area contributed by atoms with Crippen LogP contribution in [0, 0.1) is 6.92 Å². The summed E-state index contributed by atoms with van der Waals surface area (Å²) in [6.07, 6.45) is 1.67. The molecule has 1 aromatic heterocycles. The monoisotopic (exact) mass is 344 g/mol. The average Bonchev–Trinajstić information content (AvgIpc) is 2.90. The molecule has 25 heavy (non-hydrogen) atoms. The molecule has 0 aliphatic carbocycles. The first-order chi connectivity index (χ1) is 12.2. The van der Waals surface area contributed by atoms with Gasteiger partial charge in [-0.15, -0.1) is 0 Å². The molecule has 1 saturated heterocycles. The maximum atomic E-state index is 5.94. The summed E-state index contributed by atoms with van der Waals surface area (Å²) in [4.78, 5) is 7.71. The third-order valence-corrected chi connectivity index (χ3v) is 4.03. The smallest absolute Gasteiger partial charge is 0.226 e. The Morgan fingerprint density at radius 3 is 2.76 bits per heavy atom. The Bertz CT molecular complexity index is 694. The first-order valence-electron chi connectivity index (χ1n) is 8.46. The third-order valence-electron chi connectivity index (χ3n) is 4.03. The van der Waals surface area contributed by atoms with E-state index in [0.29, 0.717) is 12.5 Å². The summed E-state index contributed by atoms with van der Waals surface area (Å²) >= 11 is 0. The van der Waals surface area contributed by atoms with E-state index >= 15 is 0 Å². The summed E-state index contributed by atoms with van der Waals surface area (Å²) in [6, 6.07) is 9.62. The van der Waals surface area contributed by atoms with Crippen LogP contribution in [0.1, 0.15) is 11.3 Å². The molecule has 1 aliphatic rings. The second-order valence-corrected chi connectivity index (χ2v) is 5.86. The Morgan fingerprint density at radius 1 is 1.24 bits per heavy atom. The predicted molar refractivity (Wildman–Crippen MR) is 95.3 cm³/mol. The Morgan fingerprint density at radius 2 is 2.00 bits per heavy atom. The third kappa shape index (κ3) is 4.80. The number of oxime groups is 1. The van der Waals surface area contributed by atoms with Crippen LogP contribution in [0.4, 0.5) is 0 Å². The normalized spacial score (nSPS) is 15.6. The van der Waals surface area contributed by atoms with Crippen LogP contribution in [0.5, 0.6) is 11.6 Å². The lowest BCUT2D eigenvalue weighted by atomic mass is 10.3. The molecule has 3 rings (SSSR count). The van der Waals surface area contributed by atoms with Crippen molar-refractivity contribution in [2.45, 2.75) is 6.92 Å². The lowest BCUT2D eigenvalue weighted by Gasteiger charge is -2.25. The maximum Gasteiger partial charge on any atom is 0.226 e. The van der Waals surface area contributed by atoms with E-state index in [1.54, 1.807) is 10.9 Å². The molecule has 7 nitrogen and oxygen atoms in total. The first-order valence-corrected chi connectivity index (χ1v) is 8.46. The van der Waals surface area contributed by atoms with Gasteiger partial charge in [-0.1, -0.05) is 23.4 Å². The fourth-order valence-electron chi connectivity index (χ4n) is 2.66. The van der Waals surface area contributed by atoms with Crippen molar-refractivity contribution in [2.24, 2.45) is 12.2 Å². The van der Waals surface area contributed by atoms with E-state index in [-0.39, 0.29) is 0 Å². The highest BCUT2D eigenvalue weighted by atomic mass is 16.6. The number of hydrogen-bond donors (Lipinski definition) is 0. The highest BCUT2D eigenvalue weighted by Crippen LogP contribution is 2.25. The predicted octanol–water partition coefficient (Wildman–Crippen LogP) is 2.20. The summed E-state index contributed by atoms with van der Waals surface area (Å²) in [5, 5.41) is 8.49. The molecule has 2 aromatic rings. The summed E-state index contributed by atoms with van der Waals surface area (Å²) in [5.41, 5.74) is 1.66. The van der Waals surface area contributed by atoms with Gasteiger partial charge >= 0.3 is 0 Å². The van der Waals surface area contributed by atoms with E-state index < -0.39 is 0 Å². The molecule has 0 unspecified atom stereocenters. The van der Waals surface area contributed by atoms with Crippen LogP contribution < -0.4 is 4.74 Å². The Kier molecular flexibility index (Phi) is 6.03. The number of aryl methyl sites for hydroxylation is 2. The molecule has 134 valence electrons. The van der Waals surface area contributed by atoms with Gasteiger partial charge in [0.15, 0.2) is 0 Å². The molecule has 1 aliphatic heterocycles. The molecule has 7 heteroatoms. The molecule has 0 spiro atoms. The zero-order chi connectivity index (χ0) is 17.5. The van der Waals surface area contributed by atoms with E-state index in [0.717, 1.165) is 49.9 Å². The Hall–Kier alpha value is -2.38. The quantitative estimate of drug-likeness (QED) is 0.438. The largest absolute Gasteiger partial charge is 0.439 e. The van der Waals surface area contributed by atoms with Crippen LogP contribution in [0.2, 0.25) is 0 Å². The number of hydrogen-bond acceptors (Lipinski definition) is 6. The number of para-hydroxylation sites is 1. The van der Waals surface area contributed by atoms with Crippen LogP contribution in [-0.4, -0.2) is 60.3 Å². The Labute approximate surface area is 147 Å². The van der Waals surface area contributed by atoms with Crippen LogP contribution in [0.25, 0.3) is 0 Å². The summed E-state index contributed by atoms with van der Waals surface area (Å²) in [7, 11) is 1.85. The highest BCUT2D eigenvalue weighted by molar-refractivity contribution is 5.84. The highest BCUT2D eigenvalue weighted by Gasteiger charge is 2.14. The van der Waals surface area contributed by atoms with Crippen LogP contribution in [0.3, 0.4) is 0 Å². The number of ether oxygens (including phenoxy) is 2. The summed E-state index contributed by atoms with van der Waals surface area (Å²) in [5.74, 6) is 1.40. The van der Waals surface area contributed by atoms with Gasteiger partial charge in [-0.2, -0.15) is 5.10 Å². The fraction of sp³-hybridized carbons (Fsp3) is 0.444. The number of morpholine rings is 1. The second kappa shape index (κ2) is 8.64. The van der Waals surface area contributed by atoms with Gasteiger partial charge in [0.2, 0.25) is 5.88 Å². The molecule has 0 atom stereocenters. The summed E-state index contributed by atoms with van der Waals surface area (Å²) in [6.45, 7) is 6.79. The van der Waals surface area contributed by atoms with Gasteiger partial charge < -0.3 is 14.3 Å². The summed E-state index contributed by atoms with van der Waals surface area (Å²) < 4.78 is 13.0. The molecule has 0 amide bonds. The molecule has 0 bridgehead atoms. The van der Waals surface area contributed by atoms with Crippen molar-refractivity contribution in [2.75, 3.05) is 39.5 Å². The van der Waals surface area contributed by atoms with Crippen molar-refractivity contribution in [1.29, 1.82) is 0 Å². The van der Waals surface area contributed by atoms with Crippen LogP contribution in [-0.2, 0) is 16.6 Å². The second-order valence-electron chi connectivity index (χ2n) is 5.86. The first kappa shape index (κ1) is 17.4. The van der Waals surface area contributed by atoms with E-state index in [4.69, 9.17) is 14.3 Å². The molecular weight excluding hydrogens is 320 g/mol. The van der Waals surface area contributed by atoms with Crippen molar-refractivity contribution < 1.29 is 14.3 Å². The minimum atomic E-state index is 0.546. The van der Waals surface area contributed by atoms with Gasteiger partial charge in [0, 0.05) is 26.7 Å². The number of rotatable bonds is 7. The lowest BCUT2D eigenvalue weighted by Crippen LogP contribution is -2.38. The van der Waals surface area contributed by atoms with Crippen molar-refractivity contribution >= 4 is 6.21 Å². The van der Waals surface area contributed by atoms with Crippen molar-refractivity contribution in [3.63, 3.8) is 0 Å². The van der Waals surface area contributed by atoms with Crippen LogP contribution >= 0.6 is 0 Å². The van der Waals surface area contributed by atoms with E-state index in [1.165, 1.54) is 0 Å². The Balaban J connectivity index is 1.57. The zero-order valence-electron chi connectivity index (χ0n) is 14.7. The zero-order valence-corrected chi connectivity index (χ0v) is 14.7. The van der Waals surface area contributed by atoms with E-state index in [2.05, 4.69) is 15.2 Å². The van der Waals surface area contributed by atoms with Gasteiger partial charge in [0.25, 0.3) is 0 Å². The van der Waals surface area contributed by atoms with Crippen molar-refractivity contribution in [3.05, 3.63) is 41.6 Å². The maximum absolute atomic E-state index is 5.94. The molecular formula is C18H24N4O3. The van der Waals surface area contributed by atoms with E-state index in [1.807, 2.05) is 44.3 Å². The van der Waals surface area contributed by atoms with E-state index in [9.17, 15) is 0 Å². The molecule has 1 aromatic carbocycles. The van der Waals surface area contributed by atoms with Crippen molar-refractivity contribution in [3.8, 4) is 11.6 Å². The average molecular weight is 344 g/mol. The number of benzene rings is 1. The molecule has 1 fully saturated rings. The van der Waals surface area contributed by atoms with Crippen molar-refractivity contribution in [1.82, 2.24) is 14.7 Å². The topological polar surface area (TPSA) is 61.1 Å².